The van der Waals surface area contributed by atoms with E-state index in [-0.39, 0.29) is 0 Å². The summed E-state index contributed by atoms with van der Waals surface area (Å²) in [6.45, 7) is 11.2. The summed E-state index contributed by atoms with van der Waals surface area (Å²) in [6, 6.07) is 0.570. The van der Waals surface area contributed by atoms with Gasteiger partial charge in [0.05, 0.1) is 6.10 Å². The summed E-state index contributed by atoms with van der Waals surface area (Å²) in [7, 11) is 0. The third kappa shape index (κ3) is 4.97. The van der Waals surface area contributed by atoms with Crippen LogP contribution < -0.4 is 5.32 Å². The minimum absolute atomic E-state index is 0.433. The van der Waals surface area contributed by atoms with Crippen LogP contribution in [0.3, 0.4) is 0 Å². The van der Waals surface area contributed by atoms with E-state index in [4.69, 9.17) is 4.74 Å². The van der Waals surface area contributed by atoms with Crippen LogP contribution in [-0.2, 0) is 4.74 Å². The largest absolute Gasteiger partial charge is 0.376 e. The predicted molar refractivity (Wildman–Crippen MR) is 74.3 cm³/mol. The lowest BCUT2D eigenvalue weighted by atomic mass is 9.78. The van der Waals surface area contributed by atoms with E-state index in [2.05, 4.69) is 33.0 Å². The minimum atomic E-state index is 0.433. The summed E-state index contributed by atoms with van der Waals surface area (Å²) >= 11 is 0. The molecule has 0 radical (unpaired) electrons. The van der Waals surface area contributed by atoms with Crippen LogP contribution >= 0.6 is 0 Å². The predicted octanol–water partition coefficient (Wildman–Crippen LogP) is 3.61. The Morgan fingerprint density at radius 2 is 1.88 bits per heavy atom. The fourth-order valence-electron chi connectivity index (χ4n) is 3.14. The lowest BCUT2D eigenvalue weighted by Gasteiger charge is -2.39. The van der Waals surface area contributed by atoms with Gasteiger partial charge in [-0.3, -0.25) is 0 Å². The van der Waals surface area contributed by atoms with Crippen molar-refractivity contribution >= 4 is 0 Å². The van der Waals surface area contributed by atoms with Gasteiger partial charge in [-0.25, -0.2) is 0 Å². The Morgan fingerprint density at radius 3 is 2.53 bits per heavy atom. The van der Waals surface area contributed by atoms with Gasteiger partial charge in [-0.2, -0.15) is 0 Å². The molecule has 0 aliphatic heterocycles. The van der Waals surface area contributed by atoms with Gasteiger partial charge in [0.25, 0.3) is 0 Å². The Kier molecular flexibility index (Phi) is 7.14. The molecule has 1 fully saturated rings. The Labute approximate surface area is 108 Å². The molecule has 0 heterocycles. The van der Waals surface area contributed by atoms with Crippen molar-refractivity contribution in [1.29, 1.82) is 0 Å². The van der Waals surface area contributed by atoms with Crippen LogP contribution in [0.2, 0.25) is 0 Å². The molecule has 1 aliphatic rings. The summed E-state index contributed by atoms with van der Waals surface area (Å²) < 4.78 is 6.15. The van der Waals surface area contributed by atoms with Gasteiger partial charge in [-0.1, -0.05) is 40.5 Å². The molecule has 1 saturated carbocycles. The van der Waals surface area contributed by atoms with Crippen LogP contribution in [0.5, 0.6) is 0 Å². The first-order valence-corrected chi connectivity index (χ1v) is 7.54. The zero-order chi connectivity index (χ0) is 12.7. The Hall–Kier alpha value is -0.0800. The first-order chi connectivity index (χ1) is 8.19. The molecule has 0 spiro atoms. The SMILES string of the molecule is CCCCCOC1C(C)CC(C)CC1NCC. The lowest BCUT2D eigenvalue weighted by Crippen LogP contribution is -2.49. The Balaban J connectivity index is 2.40. The molecular formula is C15H31NO. The number of likely N-dealkylation sites (N-methyl/N-ethyl adjacent to an activating group) is 1. The van der Waals surface area contributed by atoms with E-state index in [0.29, 0.717) is 18.1 Å². The number of rotatable bonds is 7. The third-order valence-corrected chi connectivity index (χ3v) is 3.91. The monoisotopic (exact) mass is 241 g/mol. The number of nitrogens with one attached hydrogen (secondary N) is 1. The van der Waals surface area contributed by atoms with Crippen molar-refractivity contribution in [3.8, 4) is 0 Å². The van der Waals surface area contributed by atoms with E-state index < -0.39 is 0 Å². The molecule has 0 aromatic carbocycles. The molecule has 2 nitrogen and oxygen atoms in total. The number of unbranched alkanes of at least 4 members (excludes halogenated alkanes) is 2. The second-order valence-electron chi connectivity index (χ2n) is 5.76. The van der Waals surface area contributed by atoms with Gasteiger partial charge in [-0.05, 0) is 37.6 Å². The first-order valence-electron chi connectivity index (χ1n) is 7.54. The van der Waals surface area contributed by atoms with Crippen molar-refractivity contribution < 1.29 is 4.74 Å². The van der Waals surface area contributed by atoms with Crippen molar-refractivity contribution in [1.82, 2.24) is 5.32 Å². The highest BCUT2D eigenvalue weighted by Gasteiger charge is 2.33. The Bertz CT molecular complexity index is 195. The van der Waals surface area contributed by atoms with Gasteiger partial charge in [0.2, 0.25) is 0 Å². The van der Waals surface area contributed by atoms with E-state index in [1.807, 2.05) is 0 Å². The van der Waals surface area contributed by atoms with Gasteiger partial charge in [0, 0.05) is 12.6 Å². The van der Waals surface area contributed by atoms with Gasteiger partial charge < -0.3 is 10.1 Å². The number of hydrogen-bond acceptors (Lipinski definition) is 2. The zero-order valence-electron chi connectivity index (χ0n) is 12.2. The molecule has 4 atom stereocenters. The standard InChI is InChI=1S/C15H31NO/c1-5-7-8-9-17-15-13(4)10-12(3)11-14(15)16-6-2/h12-16H,5-11H2,1-4H3. The quantitative estimate of drug-likeness (QED) is 0.688. The number of ether oxygens (including phenoxy) is 1. The Morgan fingerprint density at radius 1 is 1.12 bits per heavy atom. The first kappa shape index (κ1) is 15.0. The van der Waals surface area contributed by atoms with Crippen LogP contribution in [0, 0.1) is 11.8 Å². The molecule has 1 aliphatic carbocycles. The highest BCUT2D eigenvalue weighted by molar-refractivity contribution is 4.88. The van der Waals surface area contributed by atoms with Crippen LogP contribution in [-0.4, -0.2) is 25.3 Å². The van der Waals surface area contributed by atoms with E-state index in [0.717, 1.165) is 19.1 Å². The molecule has 2 heteroatoms. The second-order valence-corrected chi connectivity index (χ2v) is 5.76. The number of hydrogen-bond donors (Lipinski definition) is 1. The fourth-order valence-corrected chi connectivity index (χ4v) is 3.14. The van der Waals surface area contributed by atoms with Crippen molar-refractivity contribution in [3.05, 3.63) is 0 Å². The molecule has 102 valence electrons. The molecule has 4 unspecified atom stereocenters. The van der Waals surface area contributed by atoms with Crippen molar-refractivity contribution in [3.63, 3.8) is 0 Å². The van der Waals surface area contributed by atoms with Crippen LogP contribution in [0.4, 0.5) is 0 Å². The molecule has 0 aromatic heterocycles. The van der Waals surface area contributed by atoms with Gasteiger partial charge in [-0.15, -0.1) is 0 Å². The maximum atomic E-state index is 6.15. The third-order valence-electron chi connectivity index (χ3n) is 3.91. The smallest absolute Gasteiger partial charge is 0.0753 e. The van der Waals surface area contributed by atoms with Crippen LogP contribution in [0.1, 0.15) is 59.8 Å². The van der Waals surface area contributed by atoms with Crippen molar-refractivity contribution in [2.45, 2.75) is 71.9 Å². The highest BCUT2D eigenvalue weighted by Crippen LogP contribution is 2.31. The van der Waals surface area contributed by atoms with E-state index in [9.17, 15) is 0 Å². The summed E-state index contributed by atoms with van der Waals surface area (Å²) in [5, 5.41) is 3.61. The maximum absolute atomic E-state index is 6.15. The minimum Gasteiger partial charge on any atom is -0.376 e. The summed E-state index contributed by atoms with van der Waals surface area (Å²) in [4.78, 5) is 0. The molecule has 1 N–H and O–H groups in total. The highest BCUT2D eigenvalue weighted by atomic mass is 16.5. The normalized spacial score (nSPS) is 33.9. The zero-order valence-corrected chi connectivity index (χ0v) is 12.2. The van der Waals surface area contributed by atoms with Gasteiger partial charge in [0.1, 0.15) is 0 Å². The average molecular weight is 241 g/mol. The van der Waals surface area contributed by atoms with E-state index in [1.165, 1.54) is 32.1 Å². The second kappa shape index (κ2) is 8.10. The molecule has 0 saturated heterocycles. The molecule has 0 amide bonds. The molecule has 1 rings (SSSR count). The molecule has 17 heavy (non-hydrogen) atoms. The maximum Gasteiger partial charge on any atom is 0.0753 e. The van der Waals surface area contributed by atoms with Gasteiger partial charge in [0.15, 0.2) is 0 Å². The van der Waals surface area contributed by atoms with Crippen LogP contribution in [0.15, 0.2) is 0 Å². The summed E-state index contributed by atoms with van der Waals surface area (Å²) in [6.07, 6.45) is 6.81. The van der Waals surface area contributed by atoms with E-state index >= 15 is 0 Å². The topological polar surface area (TPSA) is 21.3 Å². The van der Waals surface area contributed by atoms with Crippen molar-refractivity contribution in [2.24, 2.45) is 11.8 Å². The summed E-state index contributed by atoms with van der Waals surface area (Å²) in [5.74, 6) is 1.54. The molecule has 0 bridgehead atoms. The van der Waals surface area contributed by atoms with E-state index in [1.54, 1.807) is 0 Å². The van der Waals surface area contributed by atoms with Crippen LogP contribution in [0.25, 0.3) is 0 Å². The van der Waals surface area contributed by atoms with Crippen molar-refractivity contribution in [2.75, 3.05) is 13.2 Å². The lowest BCUT2D eigenvalue weighted by molar-refractivity contribution is -0.0384. The average Bonchev–Trinajstić information content (AvgIpc) is 2.27. The molecule has 0 aromatic rings. The van der Waals surface area contributed by atoms with Gasteiger partial charge >= 0.3 is 0 Å². The fraction of sp³-hybridized carbons (Fsp3) is 1.00. The molecular weight excluding hydrogens is 210 g/mol. The summed E-state index contributed by atoms with van der Waals surface area (Å²) in [5.41, 5.74) is 0.